The molecule has 1 aromatic rings. The molecule has 2 heteroatoms. The SMILES string of the molecule is CC.Cc1ccc2c(c1)OC(C)CO2. The third kappa shape index (κ3) is 2.41. The maximum Gasteiger partial charge on any atom is 0.162 e. The standard InChI is InChI=1S/C10H12O2.C2H6/c1-7-3-4-9-10(5-7)12-8(2)6-11-9;1-2/h3-5,8H,6H2,1-2H3;1-2H3. The average molecular weight is 194 g/mol. The van der Waals surface area contributed by atoms with Gasteiger partial charge in [-0.05, 0) is 31.5 Å². The molecule has 14 heavy (non-hydrogen) atoms. The molecule has 0 aromatic heterocycles. The molecule has 0 fully saturated rings. The zero-order valence-electron chi connectivity index (χ0n) is 9.33. The lowest BCUT2D eigenvalue weighted by Crippen LogP contribution is -2.25. The van der Waals surface area contributed by atoms with Crippen molar-refractivity contribution in [2.75, 3.05) is 6.61 Å². The van der Waals surface area contributed by atoms with Gasteiger partial charge in [-0.3, -0.25) is 0 Å². The van der Waals surface area contributed by atoms with Crippen LogP contribution in [0.4, 0.5) is 0 Å². The Morgan fingerprint density at radius 1 is 1.21 bits per heavy atom. The van der Waals surface area contributed by atoms with E-state index in [2.05, 4.69) is 0 Å². The van der Waals surface area contributed by atoms with E-state index in [4.69, 9.17) is 9.47 Å². The normalized spacial score (nSPS) is 18.1. The second-order valence-electron chi connectivity index (χ2n) is 3.19. The molecular formula is C12H18O2. The second-order valence-corrected chi connectivity index (χ2v) is 3.19. The first-order valence-corrected chi connectivity index (χ1v) is 5.16. The third-order valence-corrected chi connectivity index (χ3v) is 1.90. The van der Waals surface area contributed by atoms with Gasteiger partial charge in [0.1, 0.15) is 12.7 Å². The third-order valence-electron chi connectivity index (χ3n) is 1.90. The van der Waals surface area contributed by atoms with Gasteiger partial charge in [0.2, 0.25) is 0 Å². The number of hydrogen-bond donors (Lipinski definition) is 0. The zero-order valence-corrected chi connectivity index (χ0v) is 9.33. The summed E-state index contributed by atoms with van der Waals surface area (Å²) in [5.41, 5.74) is 1.20. The second kappa shape index (κ2) is 4.89. The van der Waals surface area contributed by atoms with E-state index in [0.717, 1.165) is 11.5 Å². The minimum atomic E-state index is 0.166. The van der Waals surface area contributed by atoms with Crippen molar-refractivity contribution in [1.29, 1.82) is 0 Å². The van der Waals surface area contributed by atoms with E-state index < -0.39 is 0 Å². The first-order valence-electron chi connectivity index (χ1n) is 5.16. The Balaban J connectivity index is 0.000000461. The number of ether oxygens (including phenoxy) is 2. The van der Waals surface area contributed by atoms with E-state index in [-0.39, 0.29) is 6.10 Å². The van der Waals surface area contributed by atoms with Crippen LogP contribution in [-0.2, 0) is 0 Å². The molecule has 1 aromatic carbocycles. The summed E-state index contributed by atoms with van der Waals surface area (Å²) in [6.07, 6.45) is 0.166. The van der Waals surface area contributed by atoms with Gasteiger partial charge < -0.3 is 9.47 Å². The van der Waals surface area contributed by atoms with Crippen LogP contribution in [0.2, 0.25) is 0 Å². The highest BCUT2D eigenvalue weighted by molar-refractivity contribution is 5.43. The lowest BCUT2D eigenvalue weighted by molar-refractivity contribution is 0.104. The molecule has 0 spiro atoms. The van der Waals surface area contributed by atoms with Gasteiger partial charge in [-0.25, -0.2) is 0 Å². The van der Waals surface area contributed by atoms with Gasteiger partial charge in [-0.2, -0.15) is 0 Å². The van der Waals surface area contributed by atoms with Crippen LogP contribution >= 0.6 is 0 Å². The highest BCUT2D eigenvalue weighted by atomic mass is 16.6. The van der Waals surface area contributed by atoms with Crippen molar-refractivity contribution in [2.24, 2.45) is 0 Å². The number of fused-ring (bicyclic) bond motifs is 1. The Hall–Kier alpha value is -1.18. The summed E-state index contributed by atoms with van der Waals surface area (Å²) in [4.78, 5) is 0. The first kappa shape index (κ1) is 10.9. The fraction of sp³-hybridized carbons (Fsp3) is 0.500. The van der Waals surface area contributed by atoms with Crippen molar-refractivity contribution < 1.29 is 9.47 Å². The Morgan fingerprint density at radius 2 is 1.93 bits per heavy atom. The molecule has 1 aliphatic heterocycles. The monoisotopic (exact) mass is 194 g/mol. The fourth-order valence-electron chi connectivity index (χ4n) is 1.28. The van der Waals surface area contributed by atoms with Gasteiger partial charge in [0.25, 0.3) is 0 Å². The number of hydrogen-bond acceptors (Lipinski definition) is 2. The minimum absolute atomic E-state index is 0.166. The highest BCUT2D eigenvalue weighted by Gasteiger charge is 2.16. The Labute approximate surface area is 85.8 Å². The van der Waals surface area contributed by atoms with Crippen LogP contribution in [0.3, 0.4) is 0 Å². The van der Waals surface area contributed by atoms with E-state index in [1.807, 2.05) is 45.9 Å². The van der Waals surface area contributed by atoms with Crippen molar-refractivity contribution in [3.05, 3.63) is 23.8 Å². The van der Waals surface area contributed by atoms with Crippen molar-refractivity contribution in [1.82, 2.24) is 0 Å². The van der Waals surface area contributed by atoms with E-state index in [1.54, 1.807) is 0 Å². The minimum Gasteiger partial charge on any atom is -0.486 e. The molecule has 1 aliphatic rings. The molecule has 1 unspecified atom stereocenters. The summed E-state index contributed by atoms with van der Waals surface area (Å²) in [5, 5.41) is 0. The lowest BCUT2D eigenvalue weighted by atomic mass is 10.2. The Morgan fingerprint density at radius 3 is 2.64 bits per heavy atom. The Kier molecular flexibility index (Phi) is 3.81. The summed E-state index contributed by atoms with van der Waals surface area (Å²) in [6, 6.07) is 5.99. The number of aryl methyl sites for hydroxylation is 1. The summed E-state index contributed by atoms with van der Waals surface area (Å²) in [5.74, 6) is 1.73. The van der Waals surface area contributed by atoms with Gasteiger partial charge in [0, 0.05) is 0 Å². The molecule has 0 bridgehead atoms. The van der Waals surface area contributed by atoms with Gasteiger partial charge in [-0.1, -0.05) is 19.9 Å². The predicted octanol–water partition coefficient (Wildman–Crippen LogP) is 3.18. The van der Waals surface area contributed by atoms with Crippen LogP contribution in [-0.4, -0.2) is 12.7 Å². The lowest BCUT2D eigenvalue weighted by Gasteiger charge is -2.23. The van der Waals surface area contributed by atoms with Crippen molar-refractivity contribution in [3.8, 4) is 11.5 Å². The highest BCUT2D eigenvalue weighted by Crippen LogP contribution is 2.31. The van der Waals surface area contributed by atoms with E-state index in [0.29, 0.717) is 6.61 Å². The van der Waals surface area contributed by atoms with Gasteiger partial charge >= 0.3 is 0 Å². The largest absolute Gasteiger partial charge is 0.486 e. The smallest absolute Gasteiger partial charge is 0.162 e. The maximum atomic E-state index is 5.59. The van der Waals surface area contributed by atoms with Crippen molar-refractivity contribution in [3.63, 3.8) is 0 Å². The molecule has 0 saturated carbocycles. The van der Waals surface area contributed by atoms with E-state index >= 15 is 0 Å². The number of benzene rings is 1. The van der Waals surface area contributed by atoms with Gasteiger partial charge in [0.15, 0.2) is 11.5 Å². The fourth-order valence-corrected chi connectivity index (χ4v) is 1.28. The molecule has 78 valence electrons. The number of rotatable bonds is 0. The van der Waals surface area contributed by atoms with Crippen LogP contribution in [0.5, 0.6) is 11.5 Å². The van der Waals surface area contributed by atoms with Crippen molar-refractivity contribution >= 4 is 0 Å². The van der Waals surface area contributed by atoms with Crippen LogP contribution in [0.15, 0.2) is 18.2 Å². The van der Waals surface area contributed by atoms with Gasteiger partial charge in [0.05, 0.1) is 0 Å². The van der Waals surface area contributed by atoms with E-state index in [1.165, 1.54) is 5.56 Å². The maximum absolute atomic E-state index is 5.59. The molecule has 1 atom stereocenters. The van der Waals surface area contributed by atoms with E-state index in [9.17, 15) is 0 Å². The van der Waals surface area contributed by atoms with Crippen molar-refractivity contribution in [2.45, 2.75) is 33.8 Å². The zero-order chi connectivity index (χ0) is 10.6. The van der Waals surface area contributed by atoms with Crippen LogP contribution in [0.1, 0.15) is 26.3 Å². The topological polar surface area (TPSA) is 18.5 Å². The van der Waals surface area contributed by atoms with Crippen LogP contribution < -0.4 is 9.47 Å². The molecule has 2 rings (SSSR count). The molecule has 0 amide bonds. The Bertz CT molecular complexity index is 294. The average Bonchev–Trinajstić information content (AvgIpc) is 2.20. The summed E-state index contributed by atoms with van der Waals surface area (Å²) in [6.45, 7) is 8.70. The molecular weight excluding hydrogens is 176 g/mol. The summed E-state index contributed by atoms with van der Waals surface area (Å²) in [7, 11) is 0. The first-order chi connectivity index (χ1) is 6.75. The molecule has 0 N–H and O–H groups in total. The molecule has 0 aliphatic carbocycles. The summed E-state index contributed by atoms with van der Waals surface area (Å²) >= 11 is 0. The molecule has 1 heterocycles. The van der Waals surface area contributed by atoms with Crippen LogP contribution in [0, 0.1) is 6.92 Å². The molecule has 0 saturated heterocycles. The predicted molar refractivity (Wildman–Crippen MR) is 58.1 cm³/mol. The van der Waals surface area contributed by atoms with Gasteiger partial charge in [-0.15, -0.1) is 0 Å². The van der Waals surface area contributed by atoms with Crippen LogP contribution in [0.25, 0.3) is 0 Å². The summed E-state index contributed by atoms with van der Waals surface area (Å²) < 4.78 is 11.1. The quantitative estimate of drug-likeness (QED) is 0.631. The molecule has 0 radical (unpaired) electrons. The molecule has 2 nitrogen and oxygen atoms in total.